The lowest BCUT2D eigenvalue weighted by Gasteiger charge is -2.44. The molecule has 7 atom stereocenters. The van der Waals surface area contributed by atoms with Crippen molar-refractivity contribution in [2.45, 2.75) is 154 Å². The van der Waals surface area contributed by atoms with Gasteiger partial charge in [-0.3, -0.25) is 0 Å². The molecule has 1 heterocycles. The fourth-order valence-corrected chi connectivity index (χ4v) is 9.27. The van der Waals surface area contributed by atoms with Gasteiger partial charge in [0.05, 0.1) is 24.4 Å². The lowest BCUT2D eigenvalue weighted by atomic mass is 9.88. The Morgan fingerprint density at radius 1 is 0.972 bits per heavy atom. The highest BCUT2D eigenvalue weighted by Crippen LogP contribution is 2.63. The van der Waals surface area contributed by atoms with E-state index in [0.29, 0.717) is 17.8 Å². The third kappa shape index (κ3) is 6.09. The molecule has 0 spiro atoms. The fraction of sp³-hybridized carbons (Fsp3) is 0.933. The highest BCUT2D eigenvalue weighted by atomic mass is 28.4. The molecule has 210 valence electrons. The van der Waals surface area contributed by atoms with Crippen LogP contribution in [-0.2, 0) is 13.6 Å². The first kappa shape index (κ1) is 30.6. The normalized spacial score (nSPS) is 34.6. The number of aliphatic hydroxyl groups excluding tert-OH is 1. The van der Waals surface area contributed by atoms with Crippen LogP contribution in [0, 0.1) is 17.8 Å². The second-order valence-electron chi connectivity index (χ2n) is 15.6. The second kappa shape index (κ2) is 10.2. The maximum atomic E-state index is 10.0. The van der Waals surface area contributed by atoms with Gasteiger partial charge in [-0.25, -0.2) is 0 Å². The van der Waals surface area contributed by atoms with Crippen molar-refractivity contribution < 1.29 is 18.7 Å². The van der Waals surface area contributed by atoms with Gasteiger partial charge in [0, 0.05) is 5.92 Å². The highest BCUT2D eigenvalue weighted by molar-refractivity contribution is 6.74. The van der Waals surface area contributed by atoms with E-state index in [-0.39, 0.29) is 40.1 Å². The summed E-state index contributed by atoms with van der Waals surface area (Å²) in [7, 11) is -3.76. The zero-order valence-corrected chi connectivity index (χ0v) is 27.7. The lowest BCUT2D eigenvalue weighted by Crippen LogP contribution is -2.48. The molecule has 6 heteroatoms. The van der Waals surface area contributed by atoms with Crippen LogP contribution in [0.25, 0.3) is 0 Å². The van der Waals surface area contributed by atoms with Gasteiger partial charge in [-0.05, 0) is 80.7 Å². The molecule has 0 aromatic heterocycles. The van der Waals surface area contributed by atoms with Crippen molar-refractivity contribution in [3.63, 3.8) is 0 Å². The predicted octanol–water partition coefficient (Wildman–Crippen LogP) is 8.08. The molecule has 1 saturated heterocycles. The quantitative estimate of drug-likeness (QED) is 0.164. The molecule has 0 radical (unpaired) electrons. The number of fused-ring (bicyclic) bond motifs is 3. The van der Waals surface area contributed by atoms with Crippen LogP contribution in [0.15, 0.2) is 12.2 Å². The zero-order chi connectivity index (χ0) is 27.4. The highest BCUT2D eigenvalue weighted by Gasteiger charge is 2.71. The molecule has 2 aliphatic carbocycles. The molecule has 1 N–H and O–H groups in total. The zero-order valence-electron chi connectivity index (χ0n) is 25.7. The molecule has 0 bridgehead atoms. The molecular weight excluding hydrogens is 480 g/mol. The number of epoxide rings is 1. The maximum Gasteiger partial charge on any atom is 0.192 e. The SMILES string of the molecule is CCCCC(C)(C/C=C/[C@H]1[C@H]2CC3(CO)OC3[C@H]2C[C@H]1O[Si](C)(C)C(C)(C)C)O[Si](C)(C)C(C)(C)C. The Morgan fingerprint density at radius 3 is 2.11 bits per heavy atom. The Kier molecular flexibility index (Phi) is 8.66. The smallest absolute Gasteiger partial charge is 0.192 e. The van der Waals surface area contributed by atoms with E-state index in [2.05, 4.69) is 93.7 Å². The molecule has 36 heavy (non-hydrogen) atoms. The molecule has 2 saturated carbocycles. The first-order chi connectivity index (χ1) is 16.3. The van der Waals surface area contributed by atoms with Gasteiger partial charge in [0.2, 0.25) is 0 Å². The molecule has 4 nitrogen and oxygen atoms in total. The minimum Gasteiger partial charge on any atom is -0.413 e. The standard InChI is InChI=1S/C30H58O4Si2/c1-13-14-17-29(8,34-36(11,12)28(5,6)7)18-15-16-22-24-20-30(21-31)26(32-30)23(24)19-25(22)33-35(9,10)27(2,3)4/h15-16,22-26,31H,13-14,17-21H2,1-12H3/b16-15+/t22-,23-,24+,25+,26?,29?,30?/m0/s1. The van der Waals surface area contributed by atoms with E-state index in [0.717, 1.165) is 25.7 Å². The van der Waals surface area contributed by atoms with Crippen LogP contribution in [0.1, 0.15) is 93.9 Å². The van der Waals surface area contributed by atoms with Crippen LogP contribution in [0.3, 0.4) is 0 Å². The van der Waals surface area contributed by atoms with Gasteiger partial charge < -0.3 is 18.7 Å². The number of unbranched alkanes of at least 4 members (excludes halogenated alkanes) is 1. The van der Waals surface area contributed by atoms with Gasteiger partial charge in [-0.2, -0.15) is 0 Å². The van der Waals surface area contributed by atoms with Gasteiger partial charge in [-0.15, -0.1) is 0 Å². The molecular formula is C30H58O4Si2. The molecule has 3 aliphatic rings. The Bertz CT molecular complexity index is 796. The lowest BCUT2D eigenvalue weighted by molar-refractivity contribution is 0.0629. The summed E-state index contributed by atoms with van der Waals surface area (Å²) < 4.78 is 20.2. The van der Waals surface area contributed by atoms with Crippen molar-refractivity contribution >= 4 is 16.6 Å². The average Bonchev–Trinajstić information content (AvgIpc) is 3.23. The van der Waals surface area contributed by atoms with E-state index in [4.69, 9.17) is 13.6 Å². The number of rotatable bonds is 11. The summed E-state index contributed by atoms with van der Waals surface area (Å²) in [5, 5.41) is 10.4. The van der Waals surface area contributed by atoms with Crippen LogP contribution >= 0.6 is 0 Å². The van der Waals surface area contributed by atoms with Gasteiger partial charge in [0.1, 0.15) is 5.60 Å². The Labute approximate surface area is 225 Å². The Balaban J connectivity index is 1.80. The summed E-state index contributed by atoms with van der Waals surface area (Å²) in [5.74, 6) is 1.45. The molecule has 0 aromatic carbocycles. The Morgan fingerprint density at radius 2 is 1.58 bits per heavy atom. The van der Waals surface area contributed by atoms with Crippen LogP contribution in [0.5, 0.6) is 0 Å². The first-order valence-corrected chi connectivity index (χ1v) is 20.5. The van der Waals surface area contributed by atoms with E-state index < -0.39 is 16.6 Å². The fourth-order valence-electron chi connectivity index (χ4n) is 6.19. The van der Waals surface area contributed by atoms with Crippen molar-refractivity contribution in [3.05, 3.63) is 12.2 Å². The number of aliphatic hydroxyl groups is 1. The van der Waals surface area contributed by atoms with Crippen molar-refractivity contribution in [2.75, 3.05) is 6.61 Å². The van der Waals surface area contributed by atoms with E-state index in [9.17, 15) is 5.11 Å². The molecule has 0 amide bonds. The second-order valence-corrected chi connectivity index (χ2v) is 25.1. The summed E-state index contributed by atoms with van der Waals surface area (Å²) in [6, 6.07) is 0. The van der Waals surface area contributed by atoms with Gasteiger partial charge in [0.15, 0.2) is 16.6 Å². The summed E-state index contributed by atoms with van der Waals surface area (Å²) in [6.07, 6.45) is 11.9. The summed E-state index contributed by atoms with van der Waals surface area (Å²) >= 11 is 0. The van der Waals surface area contributed by atoms with Gasteiger partial charge in [-0.1, -0.05) is 73.5 Å². The maximum absolute atomic E-state index is 10.0. The minimum atomic E-state index is -1.88. The van der Waals surface area contributed by atoms with Crippen LogP contribution in [-0.4, -0.2) is 51.8 Å². The van der Waals surface area contributed by atoms with E-state index >= 15 is 0 Å². The molecule has 1 aliphatic heterocycles. The predicted molar refractivity (Wildman–Crippen MR) is 156 cm³/mol. The van der Waals surface area contributed by atoms with Crippen molar-refractivity contribution in [1.82, 2.24) is 0 Å². The summed E-state index contributed by atoms with van der Waals surface area (Å²) in [4.78, 5) is 0. The number of hydrogen-bond acceptors (Lipinski definition) is 4. The average molecular weight is 539 g/mol. The van der Waals surface area contributed by atoms with Gasteiger partial charge >= 0.3 is 0 Å². The van der Waals surface area contributed by atoms with Crippen LogP contribution in [0.4, 0.5) is 0 Å². The molecule has 3 fully saturated rings. The summed E-state index contributed by atoms with van der Waals surface area (Å²) in [6.45, 7) is 28.3. The first-order valence-electron chi connectivity index (χ1n) is 14.6. The third-order valence-electron chi connectivity index (χ3n) is 10.6. The molecule has 3 rings (SSSR count). The minimum absolute atomic E-state index is 0.128. The van der Waals surface area contributed by atoms with E-state index in [1.165, 1.54) is 12.8 Å². The van der Waals surface area contributed by atoms with Crippen molar-refractivity contribution in [1.29, 1.82) is 0 Å². The largest absolute Gasteiger partial charge is 0.413 e. The van der Waals surface area contributed by atoms with Gasteiger partial charge in [0.25, 0.3) is 0 Å². The van der Waals surface area contributed by atoms with Crippen LogP contribution in [0.2, 0.25) is 36.3 Å². The molecule has 3 unspecified atom stereocenters. The Hall–Kier alpha value is 0.0138. The van der Waals surface area contributed by atoms with E-state index in [1.807, 2.05) is 0 Å². The van der Waals surface area contributed by atoms with Crippen LogP contribution < -0.4 is 0 Å². The van der Waals surface area contributed by atoms with Crippen molar-refractivity contribution in [2.24, 2.45) is 17.8 Å². The number of hydrogen-bond donors (Lipinski definition) is 1. The van der Waals surface area contributed by atoms with E-state index in [1.54, 1.807) is 0 Å². The number of ether oxygens (including phenoxy) is 1. The topological polar surface area (TPSA) is 51.2 Å². The summed E-state index contributed by atoms with van der Waals surface area (Å²) in [5.41, 5.74) is -0.388. The van der Waals surface area contributed by atoms with Crippen molar-refractivity contribution in [3.8, 4) is 0 Å². The monoisotopic (exact) mass is 538 g/mol. The molecule has 0 aromatic rings. The third-order valence-corrected chi connectivity index (χ3v) is 19.7.